The largest absolute Gasteiger partial charge is 0.484 e. The Morgan fingerprint density at radius 3 is 2.88 bits per heavy atom. The quantitative estimate of drug-likeness (QED) is 0.825. The van der Waals surface area contributed by atoms with Gasteiger partial charge in [0.25, 0.3) is 5.91 Å². The average molecular weight is 379 g/mol. The van der Waals surface area contributed by atoms with Crippen LogP contribution in [-0.2, 0) is 17.8 Å². The molecule has 0 aromatic heterocycles. The molecule has 6 heteroatoms. The molecule has 0 saturated carbocycles. The monoisotopic (exact) mass is 378 g/mol. The second-order valence-corrected chi connectivity index (χ2v) is 6.56. The normalized spacial score (nSPS) is 12.9. The standard InChI is InChI=1S/C20H23FN2O2.ClH/c1-13(2)14-4-3-5-16(10-14)25-12-19(24)23-18-7-6-15-11-22-9-8-17(15)20(18)21;/h3-7,10,13,22H,8-9,11-12H2,1-2H3,(H,23,24);1H. The molecule has 0 fully saturated rings. The zero-order chi connectivity index (χ0) is 17.8. The van der Waals surface area contributed by atoms with Crippen LogP contribution in [0, 0.1) is 5.82 Å². The molecule has 0 bridgehead atoms. The van der Waals surface area contributed by atoms with Crippen LogP contribution in [0.1, 0.15) is 36.5 Å². The fourth-order valence-corrected chi connectivity index (χ4v) is 2.93. The van der Waals surface area contributed by atoms with Crippen molar-refractivity contribution in [1.29, 1.82) is 0 Å². The molecule has 0 aliphatic carbocycles. The number of nitrogens with one attached hydrogen (secondary N) is 2. The maximum atomic E-state index is 14.5. The van der Waals surface area contributed by atoms with Crippen molar-refractivity contribution in [3.63, 3.8) is 0 Å². The summed E-state index contributed by atoms with van der Waals surface area (Å²) in [5, 5.41) is 5.81. The molecule has 2 aromatic rings. The van der Waals surface area contributed by atoms with Crippen molar-refractivity contribution in [3.05, 3.63) is 58.9 Å². The van der Waals surface area contributed by atoms with Crippen LogP contribution >= 0.6 is 12.4 Å². The van der Waals surface area contributed by atoms with E-state index in [0.717, 1.165) is 17.7 Å². The average Bonchev–Trinajstić information content (AvgIpc) is 2.63. The molecule has 1 aliphatic rings. The number of ether oxygens (including phenoxy) is 1. The number of fused-ring (bicyclic) bond motifs is 1. The second kappa shape index (κ2) is 9.01. The van der Waals surface area contributed by atoms with E-state index >= 15 is 0 Å². The minimum absolute atomic E-state index is 0. The van der Waals surface area contributed by atoms with Crippen molar-refractivity contribution in [3.8, 4) is 5.75 Å². The molecule has 2 N–H and O–H groups in total. The van der Waals surface area contributed by atoms with Crippen LogP contribution in [0.25, 0.3) is 0 Å². The number of rotatable bonds is 5. The van der Waals surface area contributed by atoms with Gasteiger partial charge in [0.05, 0.1) is 5.69 Å². The molecule has 0 atom stereocenters. The summed E-state index contributed by atoms with van der Waals surface area (Å²) >= 11 is 0. The molecule has 1 aliphatic heterocycles. The third kappa shape index (κ3) is 4.74. The van der Waals surface area contributed by atoms with Crippen LogP contribution < -0.4 is 15.4 Å². The van der Waals surface area contributed by atoms with Crippen molar-refractivity contribution in [1.82, 2.24) is 5.32 Å². The van der Waals surface area contributed by atoms with Gasteiger partial charge in [0, 0.05) is 6.54 Å². The molecule has 1 heterocycles. The van der Waals surface area contributed by atoms with E-state index in [1.165, 1.54) is 0 Å². The van der Waals surface area contributed by atoms with Crippen LogP contribution in [0.4, 0.5) is 10.1 Å². The highest BCUT2D eigenvalue weighted by atomic mass is 35.5. The van der Waals surface area contributed by atoms with E-state index in [0.29, 0.717) is 30.2 Å². The molecule has 0 radical (unpaired) electrons. The molecule has 140 valence electrons. The van der Waals surface area contributed by atoms with E-state index in [1.807, 2.05) is 30.3 Å². The third-order valence-corrected chi connectivity index (χ3v) is 4.38. The maximum Gasteiger partial charge on any atom is 0.262 e. The maximum absolute atomic E-state index is 14.5. The molecule has 0 saturated heterocycles. The lowest BCUT2D eigenvalue weighted by Crippen LogP contribution is -2.26. The Morgan fingerprint density at radius 1 is 1.31 bits per heavy atom. The number of hydrogen-bond donors (Lipinski definition) is 2. The molecule has 3 rings (SSSR count). The van der Waals surface area contributed by atoms with Crippen LogP contribution in [0.5, 0.6) is 5.75 Å². The Balaban J connectivity index is 0.00000243. The van der Waals surface area contributed by atoms with Crippen molar-refractivity contribution >= 4 is 24.0 Å². The van der Waals surface area contributed by atoms with E-state index in [-0.39, 0.29) is 36.4 Å². The van der Waals surface area contributed by atoms with Crippen LogP contribution in [0.2, 0.25) is 0 Å². The van der Waals surface area contributed by atoms with Gasteiger partial charge in [-0.05, 0) is 53.8 Å². The molecule has 0 spiro atoms. The number of carbonyl (C=O) groups is 1. The molecule has 2 aromatic carbocycles. The molecule has 1 amide bonds. The lowest BCUT2D eigenvalue weighted by atomic mass is 9.99. The smallest absolute Gasteiger partial charge is 0.262 e. The first-order chi connectivity index (χ1) is 12.0. The number of carbonyl (C=O) groups excluding carboxylic acids is 1. The fraction of sp³-hybridized carbons (Fsp3) is 0.350. The zero-order valence-electron chi connectivity index (χ0n) is 15.0. The fourth-order valence-electron chi connectivity index (χ4n) is 2.93. The van der Waals surface area contributed by atoms with Gasteiger partial charge < -0.3 is 15.4 Å². The SMILES string of the molecule is CC(C)c1cccc(OCC(=O)Nc2ccc3c(c2F)CCNC3)c1.Cl. The number of amides is 1. The lowest BCUT2D eigenvalue weighted by Gasteiger charge is -2.19. The number of anilines is 1. The first kappa shape index (κ1) is 20.2. The first-order valence-electron chi connectivity index (χ1n) is 8.58. The highest BCUT2D eigenvalue weighted by Crippen LogP contribution is 2.24. The predicted molar refractivity (Wildman–Crippen MR) is 104 cm³/mol. The van der Waals surface area contributed by atoms with Crippen molar-refractivity contribution < 1.29 is 13.9 Å². The minimum Gasteiger partial charge on any atom is -0.484 e. The summed E-state index contributed by atoms with van der Waals surface area (Å²) in [6.45, 7) is 5.45. The number of hydrogen-bond acceptors (Lipinski definition) is 3. The Morgan fingerprint density at radius 2 is 2.12 bits per heavy atom. The first-order valence-corrected chi connectivity index (χ1v) is 8.58. The van der Waals surface area contributed by atoms with E-state index < -0.39 is 0 Å². The van der Waals surface area contributed by atoms with E-state index in [2.05, 4.69) is 24.5 Å². The van der Waals surface area contributed by atoms with Gasteiger partial charge in [-0.3, -0.25) is 4.79 Å². The van der Waals surface area contributed by atoms with Gasteiger partial charge in [-0.2, -0.15) is 0 Å². The van der Waals surface area contributed by atoms with Gasteiger partial charge in [0.15, 0.2) is 6.61 Å². The van der Waals surface area contributed by atoms with Crippen LogP contribution in [0.3, 0.4) is 0 Å². The lowest BCUT2D eigenvalue weighted by molar-refractivity contribution is -0.118. The Labute approximate surface area is 159 Å². The van der Waals surface area contributed by atoms with Gasteiger partial charge in [0.1, 0.15) is 11.6 Å². The summed E-state index contributed by atoms with van der Waals surface area (Å²) in [4.78, 5) is 12.1. The van der Waals surface area contributed by atoms with Gasteiger partial charge in [-0.1, -0.05) is 32.0 Å². The summed E-state index contributed by atoms with van der Waals surface area (Å²) in [6, 6.07) is 11.1. The van der Waals surface area contributed by atoms with Gasteiger partial charge >= 0.3 is 0 Å². The highest BCUT2D eigenvalue weighted by Gasteiger charge is 2.17. The van der Waals surface area contributed by atoms with Crippen LogP contribution in [-0.4, -0.2) is 19.1 Å². The zero-order valence-corrected chi connectivity index (χ0v) is 15.8. The second-order valence-electron chi connectivity index (χ2n) is 6.56. The van der Waals surface area contributed by atoms with E-state index in [4.69, 9.17) is 4.74 Å². The minimum atomic E-state index is -0.372. The third-order valence-electron chi connectivity index (χ3n) is 4.38. The summed E-state index contributed by atoms with van der Waals surface area (Å²) in [5.41, 5.74) is 2.99. The number of halogens is 2. The Kier molecular flexibility index (Phi) is 7.00. The molecule has 4 nitrogen and oxygen atoms in total. The van der Waals surface area contributed by atoms with Gasteiger partial charge in [-0.15, -0.1) is 12.4 Å². The summed E-state index contributed by atoms with van der Waals surface area (Å²) in [5.74, 6) is 0.312. The molecule has 0 unspecified atom stereocenters. The number of benzene rings is 2. The van der Waals surface area contributed by atoms with Crippen molar-refractivity contribution in [2.75, 3.05) is 18.5 Å². The molecule has 26 heavy (non-hydrogen) atoms. The summed E-state index contributed by atoms with van der Waals surface area (Å²) in [6.07, 6.45) is 0.628. The summed E-state index contributed by atoms with van der Waals surface area (Å²) < 4.78 is 20.1. The molecular weight excluding hydrogens is 355 g/mol. The van der Waals surface area contributed by atoms with Gasteiger partial charge in [-0.25, -0.2) is 4.39 Å². The van der Waals surface area contributed by atoms with Crippen molar-refractivity contribution in [2.45, 2.75) is 32.7 Å². The Bertz CT molecular complexity index is 780. The van der Waals surface area contributed by atoms with E-state index in [1.54, 1.807) is 6.07 Å². The topological polar surface area (TPSA) is 50.4 Å². The predicted octanol–water partition coefficient (Wildman–Crippen LogP) is 4.03. The Hall–Kier alpha value is -2.11. The van der Waals surface area contributed by atoms with E-state index in [9.17, 15) is 9.18 Å². The van der Waals surface area contributed by atoms with Gasteiger partial charge in [0.2, 0.25) is 0 Å². The highest BCUT2D eigenvalue weighted by molar-refractivity contribution is 5.92. The van der Waals surface area contributed by atoms with Crippen molar-refractivity contribution in [2.24, 2.45) is 0 Å². The van der Waals surface area contributed by atoms with Crippen LogP contribution in [0.15, 0.2) is 36.4 Å². The molecular formula is C20H24ClFN2O2. The summed E-state index contributed by atoms with van der Waals surface area (Å²) in [7, 11) is 0.